The van der Waals surface area contributed by atoms with Gasteiger partial charge < -0.3 is 15.8 Å². The zero-order valence-electron chi connectivity index (χ0n) is 9.14. The zero-order chi connectivity index (χ0) is 11.1. The molecule has 1 aromatic rings. The molecule has 0 spiro atoms. The molecule has 4 nitrogen and oxygen atoms in total. The summed E-state index contributed by atoms with van der Waals surface area (Å²) in [7, 11) is 1.56. The predicted molar refractivity (Wildman–Crippen MR) is 67.9 cm³/mol. The zero-order valence-corrected chi connectivity index (χ0v) is 10.8. The van der Waals surface area contributed by atoms with Crippen molar-refractivity contribution in [1.82, 2.24) is 5.32 Å². The standard InChI is InChI=1S/C10H16N2O2S.ClH/c1-14-8(6-11)5-10(13)12-7-9-3-2-4-15-9;/h2-4,8H,5-7,11H2,1H3,(H,12,13);1H. The molecular weight excluding hydrogens is 248 g/mol. The fraction of sp³-hybridized carbons (Fsp3) is 0.500. The van der Waals surface area contributed by atoms with Crippen LogP contribution in [-0.4, -0.2) is 25.7 Å². The van der Waals surface area contributed by atoms with Crippen LogP contribution in [0, 0.1) is 0 Å². The van der Waals surface area contributed by atoms with Gasteiger partial charge in [0, 0.05) is 18.5 Å². The van der Waals surface area contributed by atoms with Crippen molar-refractivity contribution in [2.45, 2.75) is 19.1 Å². The van der Waals surface area contributed by atoms with Crippen molar-refractivity contribution in [3.8, 4) is 0 Å². The van der Waals surface area contributed by atoms with E-state index in [2.05, 4.69) is 5.32 Å². The molecule has 16 heavy (non-hydrogen) atoms. The summed E-state index contributed by atoms with van der Waals surface area (Å²) in [5, 5.41) is 4.81. The lowest BCUT2D eigenvalue weighted by molar-refractivity contribution is -0.123. The van der Waals surface area contributed by atoms with Crippen molar-refractivity contribution in [3.63, 3.8) is 0 Å². The molecule has 1 aromatic heterocycles. The van der Waals surface area contributed by atoms with Crippen molar-refractivity contribution in [3.05, 3.63) is 22.4 Å². The first kappa shape index (κ1) is 15.4. The number of carbonyl (C=O) groups excluding carboxylic acids is 1. The minimum Gasteiger partial charge on any atom is -0.380 e. The molecule has 0 aliphatic heterocycles. The first-order valence-electron chi connectivity index (χ1n) is 4.78. The fourth-order valence-corrected chi connectivity index (χ4v) is 1.79. The fourth-order valence-electron chi connectivity index (χ4n) is 1.14. The molecule has 3 N–H and O–H groups in total. The molecule has 1 unspecified atom stereocenters. The van der Waals surface area contributed by atoms with Crippen molar-refractivity contribution in [2.75, 3.05) is 13.7 Å². The summed E-state index contributed by atoms with van der Waals surface area (Å²) in [4.78, 5) is 12.6. The molecule has 1 amide bonds. The van der Waals surface area contributed by atoms with E-state index in [1.54, 1.807) is 18.4 Å². The van der Waals surface area contributed by atoms with Gasteiger partial charge in [-0.15, -0.1) is 23.7 Å². The highest BCUT2D eigenvalue weighted by Crippen LogP contribution is 2.07. The Labute approximate surface area is 106 Å². The van der Waals surface area contributed by atoms with E-state index in [0.717, 1.165) is 4.88 Å². The number of thiophene rings is 1. The number of hydrogen-bond donors (Lipinski definition) is 2. The van der Waals surface area contributed by atoms with Crippen LogP contribution in [0.4, 0.5) is 0 Å². The lowest BCUT2D eigenvalue weighted by Gasteiger charge is -2.12. The topological polar surface area (TPSA) is 64.3 Å². The first-order chi connectivity index (χ1) is 7.26. The third kappa shape index (κ3) is 5.46. The molecule has 1 atom stereocenters. The van der Waals surface area contributed by atoms with Gasteiger partial charge in [0.15, 0.2) is 0 Å². The minimum atomic E-state index is -0.187. The second kappa shape index (κ2) is 8.52. The lowest BCUT2D eigenvalue weighted by atomic mass is 10.2. The van der Waals surface area contributed by atoms with Gasteiger partial charge in [-0.2, -0.15) is 0 Å². The Bertz CT molecular complexity index is 289. The SMILES string of the molecule is COC(CN)CC(=O)NCc1cccs1.Cl. The number of hydrogen-bond acceptors (Lipinski definition) is 4. The average Bonchev–Trinajstić information content (AvgIpc) is 2.75. The summed E-state index contributed by atoms with van der Waals surface area (Å²) in [6.07, 6.45) is 0.131. The van der Waals surface area contributed by atoms with Gasteiger partial charge in [-0.3, -0.25) is 4.79 Å². The number of methoxy groups -OCH3 is 1. The Morgan fingerprint density at radius 2 is 2.44 bits per heavy atom. The smallest absolute Gasteiger partial charge is 0.222 e. The Kier molecular flexibility index (Phi) is 8.19. The highest BCUT2D eigenvalue weighted by atomic mass is 35.5. The summed E-state index contributed by atoms with van der Waals surface area (Å²) in [6.45, 7) is 0.945. The normalized spacial score (nSPS) is 11.6. The maximum atomic E-state index is 11.4. The first-order valence-corrected chi connectivity index (χ1v) is 5.66. The van der Waals surface area contributed by atoms with Crippen molar-refractivity contribution >= 4 is 29.7 Å². The molecule has 1 heterocycles. The van der Waals surface area contributed by atoms with Crippen LogP contribution in [0.5, 0.6) is 0 Å². The van der Waals surface area contributed by atoms with E-state index in [4.69, 9.17) is 10.5 Å². The van der Waals surface area contributed by atoms with Gasteiger partial charge >= 0.3 is 0 Å². The number of ether oxygens (including phenoxy) is 1. The monoisotopic (exact) mass is 264 g/mol. The number of nitrogens with one attached hydrogen (secondary N) is 1. The van der Waals surface area contributed by atoms with Gasteiger partial charge in [0.2, 0.25) is 5.91 Å². The summed E-state index contributed by atoms with van der Waals surface area (Å²) in [5.41, 5.74) is 5.42. The van der Waals surface area contributed by atoms with E-state index in [1.165, 1.54) is 0 Å². The molecule has 0 saturated heterocycles. The van der Waals surface area contributed by atoms with Crippen LogP contribution < -0.4 is 11.1 Å². The molecular formula is C10H17ClN2O2S. The Balaban J connectivity index is 0.00000225. The third-order valence-corrected chi connectivity index (χ3v) is 2.93. The predicted octanol–water partition coefficient (Wildman–Crippen LogP) is 1.15. The largest absolute Gasteiger partial charge is 0.380 e. The lowest BCUT2D eigenvalue weighted by Crippen LogP contribution is -2.31. The second-order valence-corrected chi connectivity index (χ2v) is 4.19. The van der Waals surface area contributed by atoms with Crippen LogP contribution >= 0.6 is 23.7 Å². The summed E-state index contributed by atoms with van der Waals surface area (Å²) in [5.74, 6) is -0.0271. The molecule has 6 heteroatoms. The van der Waals surface area contributed by atoms with Crippen molar-refractivity contribution in [1.29, 1.82) is 0 Å². The molecule has 92 valence electrons. The Morgan fingerprint density at radius 3 is 2.94 bits per heavy atom. The quantitative estimate of drug-likeness (QED) is 0.810. The van der Waals surface area contributed by atoms with Gasteiger partial charge in [-0.05, 0) is 11.4 Å². The van der Waals surface area contributed by atoms with Crippen LogP contribution in [0.2, 0.25) is 0 Å². The van der Waals surface area contributed by atoms with Gasteiger partial charge in [-0.1, -0.05) is 6.07 Å². The molecule has 0 aromatic carbocycles. The van der Waals surface area contributed by atoms with Crippen LogP contribution in [0.15, 0.2) is 17.5 Å². The molecule has 0 fully saturated rings. The Hall–Kier alpha value is -0.620. The average molecular weight is 265 g/mol. The maximum Gasteiger partial charge on any atom is 0.222 e. The molecule has 0 radical (unpaired) electrons. The summed E-state index contributed by atoms with van der Waals surface area (Å²) >= 11 is 1.62. The number of rotatable bonds is 6. The number of carbonyl (C=O) groups is 1. The Morgan fingerprint density at radius 1 is 1.69 bits per heavy atom. The van der Waals surface area contributed by atoms with E-state index in [0.29, 0.717) is 19.5 Å². The van der Waals surface area contributed by atoms with E-state index < -0.39 is 0 Å². The van der Waals surface area contributed by atoms with Crippen LogP contribution in [0.1, 0.15) is 11.3 Å². The molecule has 0 saturated carbocycles. The highest BCUT2D eigenvalue weighted by molar-refractivity contribution is 7.09. The van der Waals surface area contributed by atoms with E-state index in [9.17, 15) is 4.79 Å². The third-order valence-electron chi connectivity index (χ3n) is 2.05. The number of nitrogens with two attached hydrogens (primary N) is 1. The van der Waals surface area contributed by atoms with E-state index in [1.807, 2.05) is 17.5 Å². The molecule has 0 aliphatic carbocycles. The molecule has 0 bridgehead atoms. The van der Waals surface area contributed by atoms with Gasteiger partial charge in [0.25, 0.3) is 0 Å². The number of amides is 1. The highest BCUT2D eigenvalue weighted by Gasteiger charge is 2.10. The van der Waals surface area contributed by atoms with Crippen LogP contribution in [0.25, 0.3) is 0 Å². The van der Waals surface area contributed by atoms with Gasteiger partial charge in [-0.25, -0.2) is 0 Å². The van der Waals surface area contributed by atoms with Crippen LogP contribution in [0.3, 0.4) is 0 Å². The van der Waals surface area contributed by atoms with Crippen molar-refractivity contribution in [2.24, 2.45) is 5.73 Å². The summed E-state index contributed by atoms with van der Waals surface area (Å²) in [6, 6.07) is 3.95. The van der Waals surface area contributed by atoms with Gasteiger partial charge in [0.1, 0.15) is 0 Å². The number of halogens is 1. The molecule has 0 aliphatic rings. The maximum absolute atomic E-state index is 11.4. The molecule has 1 rings (SSSR count). The second-order valence-electron chi connectivity index (χ2n) is 3.15. The van der Waals surface area contributed by atoms with Crippen LogP contribution in [-0.2, 0) is 16.1 Å². The van der Waals surface area contributed by atoms with Crippen molar-refractivity contribution < 1.29 is 9.53 Å². The minimum absolute atomic E-state index is 0. The van der Waals surface area contributed by atoms with E-state index in [-0.39, 0.29) is 24.4 Å². The summed E-state index contributed by atoms with van der Waals surface area (Å²) < 4.78 is 5.02. The van der Waals surface area contributed by atoms with Gasteiger partial charge in [0.05, 0.1) is 19.1 Å². The van der Waals surface area contributed by atoms with E-state index >= 15 is 0 Å².